The predicted molar refractivity (Wildman–Crippen MR) is 209 cm³/mol. The predicted octanol–water partition coefficient (Wildman–Crippen LogP) is 4.63. The van der Waals surface area contributed by atoms with Gasteiger partial charge in [0.1, 0.15) is 37.1 Å². The first-order valence-electron chi connectivity index (χ1n) is 19.4. The highest BCUT2D eigenvalue weighted by Gasteiger charge is 2.33. The van der Waals surface area contributed by atoms with Gasteiger partial charge in [0.25, 0.3) is 0 Å². The molecule has 4 fully saturated rings. The third kappa shape index (κ3) is 10.1. The van der Waals surface area contributed by atoms with E-state index in [9.17, 15) is 28.0 Å². The second-order valence-electron chi connectivity index (χ2n) is 14.2. The van der Waals surface area contributed by atoms with Crippen molar-refractivity contribution >= 4 is 46.8 Å². The van der Waals surface area contributed by atoms with Crippen LogP contribution in [0.4, 0.5) is 41.1 Å². The van der Waals surface area contributed by atoms with E-state index in [-0.39, 0.29) is 36.4 Å². The molecule has 4 amide bonds. The molecule has 0 aliphatic carbocycles. The molecule has 57 heavy (non-hydrogen) atoms. The number of anilines is 4. The smallest absolute Gasteiger partial charge is 0.414 e. The summed E-state index contributed by atoms with van der Waals surface area (Å²) >= 11 is 0. The molecule has 0 saturated carbocycles. The van der Waals surface area contributed by atoms with E-state index in [1.807, 2.05) is 54.0 Å². The van der Waals surface area contributed by atoms with Gasteiger partial charge in [-0.05, 0) is 54.8 Å². The summed E-state index contributed by atoms with van der Waals surface area (Å²) in [6.07, 6.45) is 0.239. The van der Waals surface area contributed by atoms with E-state index >= 15 is 0 Å². The summed E-state index contributed by atoms with van der Waals surface area (Å²) in [5, 5.41) is 8.90. The van der Waals surface area contributed by atoms with Crippen molar-refractivity contribution in [2.45, 2.75) is 45.5 Å². The van der Waals surface area contributed by atoms with Gasteiger partial charge >= 0.3 is 12.2 Å². The fourth-order valence-electron chi connectivity index (χ4n) is 7.15. The summed E-state index contributed by atoms with van der Waals surface area (Å²) in [6.45, 7) is 8.61. The summed E-state index contributed by atoms with van der Waals surface area (Å²) in [5.74, 6) is -1.17. The Morgan fingerprint density at radius 3 is 1.54 bits per heavy atom. The zero-order valence-electron chi connectivity index (χ0n) is 32.4. The number of carbonyl (C=O) groups is 4. The van der Waals surface area contributed by atoms with Crippen LogP contribution in [-0.2, 0) is 30.4 Å². The minimum Gasteiger partial charge on any atom is -0.444 e. The van der Waals surface area contributed by atoms with Gasteiger partial charge in [-0.1, -0.05) is 44.2 Å². The first-order valence-corrected chi connectivity index (χ1v) is 19.4. The van der Waals surface area contributed by atoms with Crippen molar-refractivity contribution in [2.75, 3.05) is 98.3 Å². The molecule has 0 aromatic heterocycles. The van der Waals surface area contributed by atoms with Gasteiger partial charge in [0, 0.05) is 52.4 Å². The summed E-state index contributed by atoms with van der Waals surface area (Å²) in [5.41, 5.74) is 2.92. The van der Waals surface area contributed by atoms with Crippen LogP contribution in [0.2, 0.25) is 0 Å². The van der Waals surface area contributed by atoms with Crippen molar-refractivity contribution in [1.29, 1.82) is 0 Å². The van der Waals surface area contributed by atoms with Gasteiger partial charge in [-0.3, -0.25) is 19.4 Å². The Hall–Kier alpha value is -5.48. The van der Waals surface area contributed by atoms with Crippen molar-refractivity contribution < 1.29 is 47.3 Å². The van der Waals surface area contributed by atoms with Gasteiger partial charge in [-0.15, -0.1) is 0 Å². The highest BCUT2D eigenvalue weighted by Crippen LogP contribution is 2.30. The number of aliphatic hydroxyl groups is 1. The van der Waals surface area contributed by atoms with Gasteiger partial charge in [0.05, 0.1) is 42.4 Å². The lowest BCUT2D eigenvalue weighted by atomic mass is 10.2. The molecule has 4 aliphatic heterocycles. The number of piperazine rings is 2. The van der Waals surface area contributed by atoms with Crippen LogP contribution in [0.1, 0.15) is 32.3 Å². The number of nitrogens with zero attached hydrogens (tertiary/aromatic N) is 6. The van der Waals surface area contributed by atoms with E-state index in [0.717, 1.165) is 18.4 Å². The van der Waals surface area contributed by atoms with Crippen LogP contribution in [0.15, 0.2) is 66.7 Å². The summed E-state index contributed by atoms with van der Waals surface area (Å²) in [4.78, 5) is 57.8. The number of benzene rings is 3. The third-order valence-corrected chi connectivity index (χ3v) is 10.6. The van der Waals surface area contributed by atoms with Gasteiger partial charge in [-0.25, -0.2) is 18.4 Å². The molecule has 14 nitrogen and oxygen atoms in total. The molecule has 4 saturated heterocycles. The Morgan fingerprint density at radius 2 is 1.14 bits per heavy atom. The summed E-state index contributed by atoms with van der Waals surface area (Å²) in [7, 11) is 0. The lowest BCUT2D eigenvalue weighted by molar-refractivity contribution is -0.137. The fraction of sp³-hybridized carbons (Fsp3) is 0.463. The molecular formula is C41H50F2N6O8. The molecule has 0 radical (unpaired) electrons. The minimum absolute atomic E-state index is 0.0304. The number of rotatable bonds is 11. The Balaban J connectivity index is 0.000000199. The van der Waals surface area contributed by atoms with Crippen molar-refractivity contribution in [2.24, 2.45) is 0 Å². The van der Waals surface area contributed by atoms with E-state index in [4.69, 9.17) is 19.3 Å². The average molecular weight is 793 g/mol. The number of hydrogen-bond acceptors (Lipinski definition) is 10. The first kappa shape index (κ1) is 41.2. The van der Waals surface area contributed by atoms with E-state index < -0.39 is 24.6 Å². The maximum Gasteiger partial charge on any atom is 0.414 e. The number of halogens is 2. The van der Waals surface area contributed by atoms with Crippen LogP contribution < -0.4 is 19.6 Å². The lowest BCUT2D eigenvalue weighted by Crippen LogP contribution is -2.50. The number of ether oxygens (including phenoxy) is 3. The van der Waals surface area contributed by atoms with Crippen LogP contribution in [0.3, 0.4) is 0 Å². The normalized spacial score (nSPS) is 19.7. The third-order valence-electron chi connectivity index (χ3n) is 10.6. The highest BCUT2D eigenvalue weighted by molar-refractivity contribution is 5.90. The standard InChI is InChI=1S/C24H28FN3O4.C17H22FN3O4/c1-2-20-15-28(24(30)32-20)19-8-9-22(21(25)14-19)26-10-12-27(13-11-26)23(29)17-31-16-18-6-4-3-5-7-18;1-2-13-10-21(17(24)25-13)12-3-4-15(14(18)9-12)19-5-7-20(8-6-19)16(23)11-22/h3-9,14,20H,2,10-13,15-17H2,1H3;3-4,9,13,22H,2,5-8,10-11H2,1H3/t20-;13-/m00/s1. The van der Waals surface area contributed by atoms with Crippen molar-refractivity contribution in [3.8, 4) is 0 Å². The number of hydrogen-bond donors (Lipinski definition) is 1. The van der Waals surface area contributed by atoms with Crippen LogP contribution in [0, 0.1) is 11.6 Å². The molecule has 3 aromatic rings. The van der Waals surface area contributed by atoms with Crippen LogP contribution >= 0.6 is 0 Å². The number of aliphatic hydroxyl groups excluding tert-OH is 1. The first-order chi connectivity index (χ1) is 27.6. The van der Waals surface area contributed by atoms with Gasteiger partial charge in [0.2, 0.25) is 11.8 Å². The molecule has 16 heteroatoms. The average Bonchev–Trinajstić information content (AvgIpc) is 3.82. The van der Waals surface area contributed by atoms with E-state index in [1.165, 1.54) is 21.9 Å². The molecule has 306 valence electrons. The van der Waals surface area contributed by atoms with E-state index in [0.29, 0.717) is 94.8 Å². The van der Waals surface area contributed by atoms with Gasteiger partial charge in [-0.2, -0.15) is 0 Å². The highest BCUT2D eigenvalue weighted by atomic mass is 19.1. The number of carbonyl (C=O) groups excluding carboxylic acids is 4. The molecule has 4 aliphatic rings. The zero-order chi connectivity index (χ0) is 40.5. The van der Waals surface area contributed by atoms with Crippen molar-refractivity contribution in [1.82, 2.24) is 9.80 Å². The van der Waals surface area contributed by atoms with Crippen molar-refractivity contribution in [3.05, 3.63) is 83.9 Å². The maximum atomic E-state index is 14.9. The number of amides is 4. The molecule has 7 rings (SSSR count). The Labute approximate surface area is 331 Å². The van der Waals surface area contributed by atoms with Crippen LogP contribution in [0.25, 0.3) is 0 Å². The lowest BCUT2D eigenvalue weighted by Gasteiger charge is -2.36. The maximum absolute atomic E-state index is 14.9. The Morgan fingerprint density at radius 1 is 0.684 bits per heavy atom. The van der Waals surface area contributed by atoms with Gasteiger partial charge in [0.15, 0.2) is 0 Å². The Bertz CT molecular complexity index is 1870. The largest absolute Gasteiger partial charge is 0.444 e. The van der Waals surface area contributed by atoms with E-state index in [2.05, 4.69) is 0 Å². The minimum atomic E-state index is -0.506. The zero-order valence-corrected chi connectivity index (χ0v) is 32.4. The topological polar surface area (TPSA) is 136 Å². The van der Waals surface area contributed by atoms with E-state index in [1.54, 1.807) is 34.1 Å². The van der Waals surface area contributed by atoms with Crippen molar-refractivity contribution in [3.63, 3.8) is 0 Å². The molecule has 0 spiro atoms. The fourth-order valence-corrected chi connectivity index (χ4v) is 7.15. The summed E-state index contributed by atoms with van der Waals surface area (Å²) in [6, 6.07) is 19.2. The number of cyclic esters (lactones) is 2. The monoisotopic (exact) mass is 792 g/mol. The SMILES string of the molecule is CC[C@H]1CN(c2ccc(N3CCN(C(=O)CO)CC3)c(F)c2)C(=O)O1.CC[C@H]1CN(c2ccc(N3CCN(C(=O)COCc4ccccc4)CC3)c(F)c2)C(=O)O1. The summed E-state index contributed by atoms with van der Waals surface area (Å²) < 4.78 is 45.4. The molecule has 1 N–H and O–H groups in total. The van der Waals surface area contributed by atoms with Gasteiger partial charge < -0.3 is 38.9 Å². The molecule has 3 aromatic carbocycles. The molecular weight excluding hydrogens is 742 g/mol. The molecule has 0 unspecified atom stereocenters. The molecule has 2 atom stereocenters. The second kappa shape index (κ2) is 19.1. The Kier molecular flexibility index (Phi) is 13.8. The van der Waals surface area contributed by atoms with Crippen LogP contribution in [0.5, 0.6) is 0 Å². The molecule has 4 heterocycles. The second-order valence-corrected chi connectivity index (χ2v) is 14.2. The molecule has 0 bridgehead atoms. The van der Waals surface area contributed by atoms with Crippen LogP contribution in [-0.4, -0.2) is 130 Å². The quantitative estimate of drug-likeness (QED) is 0.293.